The van der Waals surface area contributed by atoms with Crippen molar-refractivity contribution in [1.29, 1.82) is 0 Å². The molecular weight excluding hydrogens is 210 g/mol. The van der Waals surface area contributed by atoms with Gasteiger partial charge in [0.1, 0.15) is 10.7 Å². The van der Waals surface area contributed by atoms with Gasteiger partial charge < -0.3 is 10.5 Å². The number of rotatable bonds is 4. The van der Waals surface area contributed by atoms with E-state index in [1.165, 1.54) is 18.9 Å². The van der Waals surface area contributed by atoms with Crippen LogP contribution in [0.3, 0.4) is 0 Å². The maximum Gasteiger partial charge on any atom is 0.315 e. The van der Waals surface area contributed by atoms with Gasteiger partial charge in [0.2, 0.25) is 0 Å². The summed E-state index contributed by atoms with van der Waals surface area (Å²) in [7, 11) is 1.36. The minimum Gasteiger partial charge on any atom is -0.468 e. The molecule has 0 amide bonds. The van der Waals surface area contributed by atoms with Gasteiger partial charge in [-0.05, 0) is 0 Å². The number of thioether (sulfide) groups is 1. The first-order chi connectivity index (χ1) is 6.24. The number of nitrogen functional groups attached to an aromatic ring is 1. The van der Waals surface area contributed by atoms with Crippen molar-refractivity contribution in [2.24, 2.45) is 0 Å². The summed E-state index contributed by atoms with van der Waals surface area (Å²) >= 11 is 2.56. The highest BCUT2D eigenvalue weighted by Gasteiger charge is 2.06. The van der Waals surface area contributed by atoms with Crippen molar-refractivity contribution in [2.75, 3.05) is 18.6 Å². The number of hydrogen-bond donors (Lipinski definition) is 1. The van der Waals surface area contributed by atoms with Crippen LogP contribution in [-0.2, 0) is 15.3 Å². The topological polar surface area (TPSA) is 78.1 Å². The number of nitrogens with zero attached hydrogens (tertiary/aromatic N) is 2. The largest absolute Gasteiger partial charge is 0.468 e. The SMILES string of the molecule is COC(=O)CSCc1nnsc1N. The Kier molecular flexibility index (Phi) is 3.97. The molecule has 0 saturated heterocycles. The fraction of sp³-hybridized carbons (Fsp3) is 0.500. The van der Waals surface area contributed by atoms with Gasteiger partial charge in [0, 0.05) is 17.3 Å². The molecule has 2 N–H and O–H groups in total. The van der Waals surface area contributed by atoms with Crippen molar-refractivity contribution >= 4 is 34.3 Å². The second-order valence-corrected chi connectivity index (χ2v) is 3.92. The predicted octanol–water partition coefficient (Wildman–Crippen LogP) is 0.526. The third-order valence-electron chi connectivity index (χ3n) is 1.27. The lowest BCUT2D eigenvalue weighted by molar-refractivity contribution is -0.137. The number of methoxy groups -OCH3 is 1. The highest BCUT2D eigenvalue weighted by molar-refractivity contribution is 7.99. The quantitative estimate of drug-likeness (QED) is 0.744. The van der Waals surface area contributed by atoms with E-state index >= 15 is 0 Å². The number of hydrogen-bond acceptors (Lipinski definition) is 7. The van der Waals surface area contributed by atoms with Gasteiger partial charge >= 0.3 is 5.97 Å². The summed E-state index contributed by atoms with van der Waals surface area (Å²) in [5, 5.41) is 4.42. The molecule has 7 heteroatoms. The van der Waals surface area contributed by atoms with E-state index in [0.717, 1.165) is 17.2 Å². The maximum absolute atomic E-state index is 10.7. The van der Waals surface area contributed by atoms with E-state index in [0.29, 0.717) is 16.5 Å². The summed E-state index contributed by atoms with van der Waals surface area (Å²) in [6, 6.07) is 0. The zero-order chi connectivity index (χ0) is 9.68. The van der Waals surface area contributed by atoms with Gasteiger partial charge in [-0.3, -0.25) is 4.79 Å². The summed E-state index contributed by atoms with van der Waals surface area (Å²) in [4.78, 5) is 10.7. The molecule has 0 saturated carbocycles. The van der Waals surface area contributed by atoms with E-state index in [4.69, 9.17) is 5.73 Å². The van der Waals surface area contributed by atoms with Crippen LogP contribution in [0.1, 0.15) is 5.69 Å². The van der Waals surface area contributed by atoms with E-state index in [2.05, 4.69) is 14.3 Å². The van der Waals surface area contributed by atoms with Gasteiger partial charge in [-0.1, -0.05) is 4.49 Å². The molecule has 5 nitrogen and oxygen atoms in total. The van der Waals surface area contributed by atoms with Crippen LogP contribution < -0.4 is 5.73 Å². The molecule has 0 aliphatic rings. The molecule has 1 heterocycles. The number of carbonyl (C=O) groups excluding carboxylic acids is 1. The van der Waals surface area contributed by atoms with Crippen molar-refractivity contribution in [3.05, 3.63) is 5.69 Å². The van der Waals surface area contributed by atoms with Crippen LogP contribution in [-0.4, -0.2) is 28.4 Å². The molecule has 1 aromatic heterocycles. The maximum atomic E-state index is 10.7. The number of carbonyl (C=O) groups is 1. The van der Waals surface area contributed by atoms with Crippen molar-refractivity contribution in [3.8, 4) is 0 Å². The van der Waals surface area contributed by atoms with E-state index in [9.17, 15) is 4.79 Å². The number of anilines is 1. The van der Waals surface area contributed by atoms with Crippen molar-refractivity contribution in [3.63, 3.8) is 0 Å². The number of nitrogens with two attached hydrogens (primary N) is 1. The molecule has 0 aliphatic heterocycles. The minimum atomic E-state index is -0.244. The van der Waals surface area contributed by atoms with Gasteiger partial charge in [-0.2, -0.15) is 0 Å². The van der Waals surface area contributed by atoms with E-state index < -0.39 is 0 Å². The lowest BCUT2D eigenvalue weighted by Gasteiger charge is -1.97. The minimum absolute atomic E-state index is 0.244. The number of aromatic nitrogens is 2. The summed E-state index contributed by atoms with van der Waals surface area (Å²) in [6.45, 7) is 0. The lowest BCUT2D eigenvalue weighted by atomic mass is 10.5. The number of esters is 1. The second kappa shape index (κ2) is 5.03. The average molecular weight is 219 g/mol. The second-order valence-electron chi connectivity index (χ2n) is 2.15. The molecule has 0 unspecified atom stereocenters. The average Bonchev–Trinajstić information content (AvgIpc) is 2.52. The van der Waals surface area contributed by atoms with Gasteiger partial charge in [0.05, 0.1) is 12.9 Å². The summed E-state index contributed by atoms with van der Waals surface area (Å²) in [5.41, 5.74) is 6.29. The zero-order valence-electron chi connectivity index (χ0n) is 7.02. The third-order valence-corrected chi connectivity index (χ3v) is 2.78. The van der Waals surface area contributed by atoms with Gasteiger partial charge in [0.15, 0.2) is 0 Å². The Morgan fingerprint density at radius 2 is 2.54 bits per heavy atom. The predicted molar refractivity (Wildman–Crippen MR) is 52.5 cm³/mol. The van der Waals surface area contributed by atoms with Crippen LogP contribution in [0.4, 0.5) is 5.00 Å². The van der Waals surface area contributed by atoms with Crippen molar-refractivity contribution < 1.29 is 9.53 Å². The van der Waals surface area contributed by atoms with Crippen LogP contribution in [0.2, 0.25) is 0 Å². The molecule has 0 atom stereocenters. The Hall–Kier alpha value is -0.820. The fourth-order valence-corrected chi connectivity index (χ4v) is 1.94. The Balaban J connectivity index is 2.28. The Labute approximate surface area is 83.8 Å². The van der Waals surface area contributed by atoms with Crippen molar-refractivity contribution in [2.45, 2.75) is 5.75 Å². The van der Waals surface area contributed by atoms with E-state index in [1.54, 1.807) is 0 Å². The Morgan fingerprint density at radius 3 is 3.08 bits per heavy atom. The van der Waals surface area contributed by atoms with E-state index in [1.807, 2.05) is 0 Å². The van der Waals surface area contributed by atoms with Crippen LogP contribution in [0.5, 0.6) is 0 Å². The normalized spacial score (nSPS) is 9.92. The third kappa shape index (κ3) is 3.19. The molecule has 1 rings (SSSR count). The van der Waals surface area contributed by atoms with Gasteiger partial charge in [-0.25, -0.2) is 0 Å². The summed E-state index contributed by atoms with van der Waals surface area (Å²) in [5.74, 6) is 0.664. The van der Waals surface area contributed by atoms with Crippen LogP contribution in [0.15, 0.2) is 0 Å². The molecule has 0 aliphatic carbocycles. The smallest absolute Gasteiger partial charge is 0.315 e. The molecule has 0 radical (unpaired) electrons. The molecular formula is C6H9N3O2S2. The first kappa shape index (κ1) is 10.3. The molecule has 72 valence electrons. The van der Waals surface area contributed by atoms with Gasteiger partial charge in [-0.15, -0.1) is 16.9 Å². The molecule has 0 spiro atoms. The lowest BCUT2D eigenvalue weighted by Crippen LogP contribution is -2.03. The van der Waals surface area contributed by atoms with Crippen LogP contribution in [0.25, 0.3) is 0 Å². The molecule has 0 fully saturated rings. The first-order valence-electron chi connectivity index (χ1n) is 3.45. The molecule has 0 aromatic carbocycles. The van der Waals surface area contributed by atoms with Crippen LogP contribution >= 0.6 is 23.3 Å². The standard InChI is InChI=1S/C6H9N3O2S2/c1-11-5(10)3-12-2-4-6(7)13-9-8-4/h2-3,7H2,1H3. The van der Waals surface area contributed by atoms with Crippen molar-refractivity contribution in [1.82, 2.24) is 9.59 Å². The zero-order valence-corrected chi connectivity index (χ0v) is 8.65. The first-order valence-corrected chi connectivity index (χ1v) is 5.38. The Bertz CT molecular complexity index is 289. The molecule has 13 heavy (non-hydrogen) atoms. The fourth-order valence-electron chi connectivity index (χ4n) is 0.606. The van der Waals surface area contributed by atoms with Crippen LogP contribution in [0, 0.1) is 0 Å². The monoisotopic (exact) mass is 219 g/mol. The summed E-state index contributed by atoms with van der Waals surface area (Å²) in [6.07, 6.45) is 0. The number of ether oxygens (including phenoxy) is 1. The highest BCUT2D eigenvalue weighted by Crippen LogP contribution is 2.18. The highest BCUT2D eigenvalue weighted by atomic mass is 32.2. The summed E-state index contributed by atoms with van der Waals surface area (Å²) < 4.78 is 8.15. The Morgan fingerprint density at radius 1 is 1.77 bits per heavy atom. The molecule has 1 aromatic rings. The van der Waals surface area contributed by atoms with E-state index in [-0.39, 0.29) is 5.97 Å². The van der Waals surface area contributed by atoms with Gasteiger partial charge in [0.25, 0.3) is 0 Å². The molecule has 0 bridgehead atoms.